The minimum absolute atomic E-state index is 0.672. The van der Waals surface area contributed by atoms with Crippen LogP contribution in [0, 0.1) is 13.8 Å². The van der Waals surface area contributed by atoms with Gasteiger partial charge >= 0.3 is 0 Å². The van der Waals surface area contributed by atoms with Crippen LogP contribution in [-0.4, -0.2) is 6.61 Å². The second-order valence-corrected chi connectivity index (χ2v) is 5.93. The smallest absolute Gasteiger partial charge is 0.120 e. The van der Waals surface area contributed by atoms with Gasteiger partial charge in [-0.1, -0.05) is 29.3 Å². The Labute approximate surface area is 125 Å². The second-order valence-electron chi connectivity index (χ2n) is 4.92. The predicted octanol–water partition coefficient (Wildman–Crippen LogP) is 4.58. The molecule has 0 aliphatic carbocycles. The average Bonchev–Trinajstić information content (AvgIpc) is 2.38. The van der Waals surface area contributed by atoms with E-state index in [9.17, 15) is 0 Å². The maximum absolute atomic E-state index is 6.03. The molecule has 2 N–H and O–H groups in total. The largest absolute Gasteiger partial charge is 0.494 e. The Bertz CT molecular complexity index is 575. The summed E-state index contributed by atoms with van der Waals surface area (Å²) in [6.07, 6.45) is 0. The molecule has 0 spiro atoms. The Balaban J connectivity index is 2.11. The van der Waals surface area contributed by atoms with Gasteiger partial charge in [-0.2, -0.15) is 0 Å². The Morgan fingerprint density at radius 3 is 2.40 bits per heavy atom. The predicted molar refractivity (Wildman–Crippen MR) is 87.5 cm³/mol. The lowest BCUT2D eigenvalue weighted by atomic mass is 10.1. The molecule has 0 saturated carbocycles. The average molecular weight is 287 g/mol. The molecule has 2 aromatic carbocycles. The van der Waals surface area contributed by atoms with Crippen LogP contribution in [0.4, 0.5) is 5.69 Å². The van der Waals surface area contributed by atoms with Crippen LogP contribution in [0.2, 0.25) is 0 Å². The molecule has 0 fully saturated rings. The number of ether oxygens (including phenoxy) is 1. The van der Waals surface area contributed by atoms with Crippen LogP contribution in [0.25, 0.3) is 0 Å². The summed E-state index contributed by atoms with van der Waals surface area (Å²) in [5, 5.41) is 0. The van der Waals surface area contributed by atoms with Gasteiger partial charge in [-0.05, 0) is 44.5 Å². The van der Waals surface area contributed by atoms with Crippen LogP contribution in [-0.2, 0) is 5.75 Å². The number of nitrogen functional groups attached to an aromatic ring is 1. The van der Waals surface area contributed by atoms with Gasteiger partial charge in [0.05, 0.1) is 6.61 Å². The van der Waals surface area contributed by atoms with Crippen molar-refractivity contribution < 1.29 is 4.74 Å². The van der Waals surface area contributed by atoms with E-state index in [1.165, 1.54) is 16.7 Å². The number of hydrogen-bond donors (Lipinski definition) is 1. The fourth-order valence-corrected chi connectivity index (χ4v) is 3.13. The molecule has 0 amide bonds. The standard InChI is InChI=1S/C17H21NOS/c1-4-19-15-5-6-16(18)17(10-15)20-11-14-8-12(2)7-13(3)9-14/h5-10H,4,11,18H2,1-3H3. The van der Waals surface area contributed by atoms with Crippen molar-refractivity contribution >= 4 is 17.4 Å². The monoisotopic (exact) mass is 287 g/mol. The van der Waals surface area contributed by atoms with Gasteiger partial charge in [0.25, 0.3) is 0 Å². The third kappa shape index (κ3) is 3.94. The first-order chi connectivity index (χ1) is 9.58. The summed E-state index contributed by atoms with van der Waals surface area (Å²) in [4.78, 5) is 1.08. The fraction of sp³-hybridized carbons (Fsp3) is 0.294. The number of aryl methyl sites for hydroxylation is 2. The zero-order valence-electron chi connectivity index (χ0n) is 12.3. The van der Waals surface area contributed by atoms with E-state index in [0.29, 0.717) is 6.61 Å². The van der Waals surface area contributed by atoms with Crippen LogP contribution >= 0.6 is 11.8 Å². The molecule has 106 valence electrons. The molecule has 0 aliphatic rings. The molecule has 0 unspecified atom stereocenters. The van der Waals surface area contributed by atoms with Gasteiger partial charge in [0.1, 0.15) is 5.75 Å². The molecule has 3 heteroatoms. The van der Waals surface area contributed by atoms with Crippen LogP contribution in [0.5, 0.6) is 5.75 Å². The normalized spacial score (nSPS) is 10.6. The van der Waals surface area contributed by atoms with E-state index >= 15 is 0 Å². The lowest BCUT2D eigenvalue weighted by molar-refractivity contribution is 0.339. The van der Waals surface area contributed by atoms with Gasteiger partial charge in [0.15, 0.2) is 0 Å². The van der Waals surface area contributed by atoms with Crippen molar-refractivity contribution in [3.63, 3.8) is 0 Å². The molecule has 20 heavy (non-hydrogen) atoms. The van der Waals surface area contributed by atoms with E-state index in [0.717, 1.165) is 22.1 Å². The lowest BCUT2D eigenvalue weighted by Crippen LogP contribution is -1.94. The van der Waals surface area contributed by atoms with Crippen molar-refractivity contribution in [3.8, 4) is 5.75 Å². The summed E-state index contributed by atoms with van der Waals surface area (Å²) in [6.45, 7) is 6.92. The van der Waals surface area contributed by atoms with Gasteiger partial charge in [0.2, 0.25) is 0 Å². The van der Waals surface area contributed by atoms with Crippen molar-refractivity contribution in [3.05, 3.63) is 53.1 Å². The zero-order valence-corrected chi connectivity index (χ0v) is 13.1. The molecule has 0 radical (unpaired) electrons. The van der Waals surface area contributed by atoms with Gasteiger partial charge in [-0.15, -0.1) is 11.8 Å². The summed E-state index contributed by atoms with van der Waals surface area (Å²) in [5.74, 6) is 1.80. The number of nitrogens with two attached hydrogens (primary N) is 1. The quantitative estimate of drug-likeness (QED) is 0.646. The van der Waals surface area contributed by atoms with Gasteiger partial charge in [-0.3, -0.25) is 0 Å². The van der Waals surface area contributed by atoms with E-state index in [1.807, 2.05) is 25.1 Å². The maximum atomic E-state index is 6.03. The minimum atomic E-state index is 0.672. The molecule has 0 bridgehead atoms. The van der Waals surface area contributed by atoms with Gasteiger partial charge in [-0.25, -0.2) is 0 Å². The van der Waals surface area contributed by atoms with Crippen molar-refractivity contribution in [1.29, 1.82) is 0 Å². The number of anilines is 1. The highest BCUT2D eigenvalue weighted by Crippen LogP contribution is 2.31. The summed E-state index contributed by atoms with van der Waals surface area (Å²) >= 11 is 1.75. The molecule has 2 nitrogen and oxygen atoms in total. The lowest BCUT2D eigenvalue weighted by Gasteiger charge is -2.10. The highest BCUT2D eigenvalue weighted by Gasteiger charge is 2.04. The Kier molecular flexibility index (Phi) is 4.96. The van der Waals surface area contributed by atoms with Crippen LogP contribution in [0.15, 0.2) is 41.3 Å². The van der Waals surface area contributed by atoms with Crippen molar-refractivity contribution in [1.82, 2.24) is 0 Å². The molecule has 2 rings (SSSR count). The van der Waals surface area contributed by atoms with Gasteiger partial charge in [0, 0.05) is 16.3 Å². The molecule has 0 heterocycles. The Morgan fingerprint density at radius 1 is 1.05 bits per heavy atom. The SMILES string of the molecule is CCOc1ccc(N)c(SCc2cc(C)cc(C)c2)c1. The third-order valence-electron chi connectivity index (χ3n) is 2.97. The number of rotatable bonds is 5. The highest BCUT2D eigenvalue weighted by molar-refractivity contribution is 7.98. The zero-order chi connectivity index (χ0) is 14.5. The van der Waals surface area contributed by atoms with Crippen LogP contribution in [0.3, 0.4) is 0 Å². The van der Waals surface area contributed by atoms with E-state index in [1.54, 1.807) is 11.8 Å². The molecule has 2 aromatic rings. The third-order valence-corrected chi connectivity index (χ3v) is 4.11. The first kappa shape index (κ1) is 14.8. The highest BCUT2D eigenvalue weighted by atomic mass is 32.2. The first-order valence-corrected chi connectivity index (χ1v) is 7.79. The van der Waals surface area contributed by atoms with Crippen LogP contribution < -0.4 is 10.5 Å². The topological polar surface area (TPSA) is 35.2 Å². The summed E-state index contributed by atoms with van der Waals surface area (Å²) < 4.78 is 5.52. The summed E-state index contributed by atoms with van der Waals surface area (Å²) in [7, 11) is 0. The summed E-state index contributed by atoms with van der Waals surface area (Å²) in [5.41, 5.74) is 10.8. The van der Waals surface area contributed by atoms with E-state index in [4.69, 9.17) is 10.5 Å². The molecular formula is C17H21NOS. The Morgan fingerprint density at radius 2 is 1.75 bits per heavy atom. The van der Waals surface area contributed by atoms with E-state index < -0.39 is 0 Å². The molecule has 0 saturated heterocycles. The van der Waals surface area contributed by atoms with Crippen molar-refractivity contribution in [2.45, 2.75) is 31.4 Å². The van der Waals surface area contributed by atoms with E-state index in [2.05, 4.69) is 32.0 Å². The molecule has 0 aromatic heterocycles. The maximum Gasteiger partial charge on any atom is 0.120 e. The van der Waals surface area contributed by atoms with Crippen molar-refractivity contribution in [2.24, 2.45) is 0 Å². The minimum Gasteiger partial charge on any atom is -0.494 e. The first-order valence-electron chi connectivity index (χ1n) is 6.81. The molecule has 0 aliphatic heterocycles. The Hall–Kier alpha value is -1.61. The second kappa shape index (κ2) is 6.71. The number of thioether (sulfide) groups is 1. The number of hydrogen-bond acceptors (Lipinski definition) is 3. The van der Waals surface area contributed by atoms with Crippen molar-refractivity contribution in [2.75, 3.05) is 12.3 Å². The number of benzene rings is 2. The fourth-order valence-electron chi connectivity index (χ4n) is 2.21. The molecule has 0 atom stereocenters. The molecular weight excluding hydrogens is 266 g/mol. The van der Waals surface area contributed by atoms with Gasteiger partial charge < -0.3 is 10.5 Å². The van der Waals surface area contributed by atoms with Crippen LogP contribution in [0.1, 0.15) is 23.6 Å². The van der Waals surface area contributed by atoms with E-state index in [-0.39, 0.29) is 0 Å². The summed E-state index contributed by atoms with van der Waals surface area (Å²) in [6, 6.07) is 12.5.